The van der Waals surface area contributed by atoms with Gasteiger partial charge >= 0.3 is 5.97 Å². The molecule has 15 atom stereocenters. The molecule has 1 saturated carbocycles. The monoisotopic (exact) mass is 1020 g/mol. The SMILES string of the molecule is C.CC.CC.COC.CO[C@@H]1C[C@H](C[C@@H](C)C2CC(=O)[C@H](C)/C=C(\C)[C@@H](O)[C@@H](OC)C(=O)[C@H](C)C[C@H](C)/C=C/C=C/C=C(\C)C(C)C[C@@H]3CC[C@@H](C)[C@@](O)(O3)C(=O)C(=O)N3CCCC[C@H]3C(=O)O2)CC[C@@H]1O. The van der Waals surface area contributed by atoms with E-state index in [-0.39, 0.29) is 68.2 Å². The average molecular weight is 1020 g/mol. The number of allylic oxidation sites excluding steroid dienone is 7. The number of fused-ring (bicyclic) bond motifs is 3. The fourth-order valence-electron chi connectivity index (χ4n) is 10.0. The first kappa shape index (κ1) is 68.6. The quantitative estimate of drug-likeness (QED) is 0.134. The van der Waals surface area contributed by atoms with Gasteiger partial charge in [0.25, 0.3) is 11.7 Å². The molecule has 0 aromatic rings. The van der Waals surface area contributed by atoms with E-state index in [9.17, 15) is 39.3 Å². The smallest absolute Gasteiger partial charge is 0.329 e. The molecule has 72 heavy (non-hydrogen) atoms. The number of methoxy groups -OCH3 is 3. The van der Waals surface area contributed by atoms with Crippen LogP contribution in [0.4, 0.5) is 0 Å². The predicted octanol–water partition coefficient (Wildman–Crippen LogP) is 9.75. The minimum Gasteiger partial charge on any atom is -0.460 e. The van der Waals surface area contributed by atoms with Crippen molar-refractivity contribution in [2.24, 2.45) is 41.4 Å². The number of nitrogens with zero attached hydrogens (tertiary/aromatic N) is 1. The fourth-order valence-corrected chi connectivity index (χ4v) is 10.0. The van der Waals surface area contributed by atoms with Gasteiger partial charge in [0.1, 0.15) is 30.1 Å². The highest BCUT2D eigenvalue weighted by Gasteiger charge is 2.53. The maximum atomic E-state index is 14.3. The molecule has 0 aromatic carbocycles. The number of rotatable bonds is 5. The molecule has 4 aliphatic rings. The second-order valence-electron chi connectivity index (χ2n) is 20.2. The topological polar surface area (TPSA) is 195 Å². The molecule has 14 nitrogen and oxygen atoms in total. The zero-order chi connectivity index (χ0) is 54.2. The van der Waals surface area contributed by atoms with Crippen LogP contribution in [0, 0.1) is 41.4 Å². The summed E-state index contributed by atoms with van der Waals surface area (Å²) in [5, 5.41) is 33.8. The van der Waals surface area contributed by atoms with E-state index >= 15 is 0 Å². The standard InChI is InChI=1S/C51H79NO12.C2H6O.2C2H6.CH4/c1-30-16-12-11-13-17-31(2)32(3)27-39-21-19-37(8)51(60,64-39)48(57)49(58)52-23-15-14-18-40(52)50(59)63-43(34(5)26-38-20-22-41(53)44(28-38)61-9)29-42(54)33(4)25-36(7)46(56)47(62-10)45(55)35(6)24-30;1-3-2;2*1-2;/h11-13,16-17,25,30,32-35,37-41,43-44,46-47,53,56,60H,14-15,18-24,26-29H2,1-10H3;1-2H3;2*1-2H3;1H4/b13-11+,16-12+,31-17+,36-25+;;;;/t30-,32?,33-,34-,35-,37-,38+,39+,40+,41+,43?,44-,46-,47+,51-;;;;/m1..../s1. The van der Waals surface area contributed by atoms with Crippen molar-refractivity contribution in [1.29, 1.82) is 0 Å². The first-order chi connectivity index (χ1) is 33.6. The first-order valence-corrected chi connectivity index (χ1v) is 26.7. The highest BCUT2D eigenvalue weighted by atomic mass is 16.6. The third-order valence-corrected chi connectivity index (χ3v) is 14.6. The van der Waals surface area contributed by atoms with E-state index in [1.807, 2.05) is 92.7 Å². The van der Waals surface area contributed by atoms with Crippen LogP contribution >= 0.6 is 0 Å². The molecule has 2 unspecified atom stereocenters. The molecule has 1 aliphatic carbocycles. The Kier molecular flexibility index (Phi) is 33.4. The van der Waals surface area contributed by atoms with Gasteiger partial charge in [0, 0.05) is 59.2 Å². The number of hydrogen-bond acceptors (Lipinski definition) is 13. The number of Topliss-reactive ketones (excluding diaryl/α,β-unsaturated/α-hetero) is 3. The number of piperidine rings is 1. The molecule has 3 fully saturated rings. The Morgan fingerprint density at radius 1 is 0.792 bits per heavy atom. The van der Waals surface area contributed by atoms with Crippen LogP contribution in [0.15, 0.2) is 47.6 Å². The summed E-state index contributed by atoms with van der Waals surface area (Å²) in [7, 11) is 6.20. The van der Waals surface area contributed by atoms with E-state index in [0.717, 1.165) is 12.0 Å². The lowest BCUT2D eigenvalue weighted by atomic mass is 9.78. The summed E-state index contributed by atoms with van der Waals surface area (Å²) in [6.07, 6.45) is 12.5. The lowest BCUT2D eigenvalue weighted by Gasteiger charge is -2.42. The number of aliphatic hydroxyl groups is 3. The Hall–Kier alpha value is -3.37. The molecule has 3 aliphatic heterocycles. The molecule has 416 valence electrons. The lowest BCUT2D eigenvalue weighted by molar-refractivity contribution is -0.264. The number of esters is 1. The fraction of sp³-hybridized carbons (Fsp3) is 0.776. The van der Waals surface area contributed by atoms with Crippen LogP contribution in [-0.2, 0) is 47.7 Å². The molecule has 4 rings (SSSR count). The van der Waals surface area contributed by atoms with E-state index in [1.54, 1.807) is 48.2 Å². The maximum Gasteiger partial charge on any atom is 0.329 e. The van der Waals surface area contributed by atoms with Gasteiger partial charge in [-0.25, -0.2) is 4.79 Å². The van der Waals surface area contributed by atoms with Crippen LogP contribution in [0.2, 0.25) is 0 Å². The summed E-state index contributed by atoms with van der Waals surface area (Å²) in [4.78, 5) is 71.7. The lowest BCUT2D eigenvalue weighted by Crippen LogP contribution is -2.60. The Balaban J connectivity index is 0.00000599. The first-order valence-electron chi connectivity index (χ1n) is 26.7. The van der Waals surface area contributed by atoms with Crippen molar-refractivity contribution in [3.8, 4) is 0 Å². The minimum atomic E-state index is -2.37. The Bertz CT molecular complexity index is 1760. The van der Waals surface area contributed by atoms with E-state index in [0.29, 0.717) is 63.4 Å². The van der Waals surface area contributed by atoms with Gasteiger partial charge in [0.05, 0.1) is 18.3 Å². The average Bonchev–Trinajstić information content (AvgIpc) is 3.35. The highest BCUT2D eigenvalue weighted by Crippen LogP contribution is 2.38. The summed E-state index contributed by atoms with van der Waals surface area (Å²) in [6.45, 7) is 23.0. The van der Waals surface area contributed by atoms with E-state index < -0.39 is 77.8 Å². The third-order valence-electron chi connectivity index (χ3n) is 14.6. The van der Waals surface area contributed by atoms with Gasteiger partial charge in [-0.15, -0.1) is 0 Å². The van der Waals surface area contributed by atoms with E-state index in [1.165, 1.54) is 12.0 Å². The van der Waals surface area contributed by atoms with Crippen molar-refractivity contribution in [3.05, 3.63) is 47.6 Å². The Labute approximate surface area is 435 Å². The van der Waals surface area contributed by atoms with Crippen molar-refractivity contribution in [2.45, 2.75) is 216 Å². The van der Waals surface area contributed by atoms with Crippen molar-refractivity contribution >= 4 is 29.2 Å². The van der Waals surface area contributed by atoms with Gasteiger partial charge in [-0.3, -0.25) is 19.2 Å². The van der Waals surface area contributed by atoms with Gasteiger partial charge < -0.3 is 43.9 Å². The largest absolute Gasteiger partial charge is 0.460 e. The van der Waals surface area contributed by atoms with E-state index in [2.05, 4.69) is 4.74 Å². The van der Waals surface area contributed by atoms with Crippen molar-refractivity contribution in [1.82, 2.24) is 4.90 Å². The summed E-state index contributed by atoms with van der Waals surface area (Å²) < 4.78 is 27.8. The van der Waals surface area contributed by atoms with E-state index in [4.69, 9.17) is 18.9 Å². The van der Waals surface area contributed by atoms with Gasteiger partial charge in [-0.1, -0.05) is 119 Å². The molecule has 0 aromatic heterocycles. The van der Waals surface area contributed by atoms with Crippen molar-refractivity contribution in [2.75, 3.05) is 35.0 Å². The van der Waals surface area contributed by atoms with Gasteiger partial charge in [-0.05, 0) is 114 Å². The summed E-state index contributed by atoms with van der Waals surface area (Å²) in [5.41, 5.74) is 1.46. The molecular formula is C58H101NO13. The second kappa shape index (κ2) is 35.0. The van der Waals surface area contributed by atoms with Crippen LogP contribution in [0.25, 0.3) is 0 Å². The molecule has 2 bridgehead atoms. The van der Waals surface area contributed by atoms with Crippen LogP contribution in [-0.4, -0.2) is 133 Å². The Morgan fingerprint density at radius 2 is 1.43 bits per heavy atom. The molecule has 2 saturated heterocycles. The minimum absolute atomic E-state index is 0. The number of cyclic esters (lactones) is 1. The molecule has 0 spiro atoms. The maximum absolute atomic E-state index is 14.3. The Morgan fingerprint density at radius 3 is 2.04 bits per heavy atom. The summed E-state index contributed by atoms with van der Waals surface area (Å²) >= 11 is 0. The molecule has 3 N–H and O–H groups in total. The number of aliphatic hydroxyl groups excluding tert-OH is 2. The van der Waals surface area contributed by atoms with Crippen LogP contribution in [0.3, 0.4) is 0 Å². The molecular weight excluding hydrogens is 919 g/mol. The zero-order valence-corrected chi connectivity index (χ0v) is 46.6. The summed E-state index contributed by atoms with van der Waals surface area (Å²) in [6, 6.07) is -1.12. The van der Waals surface area contributed by atoms with Gasteiger partial charge in [0.15, 0.2) is 5.78 Å². The van der Waals surface area contributed by atoms with Crippen molar-refractivity contribution in [3.63, 3.8) is 0 Å². The number of ketones is 3. The molecule has 1 amide bonds. The summed E-state index contributed by atoms with van der Waals surface area (Å²) in [5.74, 6) is -7.66. The number of amides is 1. The van der Waals surface area contributed by atoms with Crippen molar-refractivity contribution < 1.29 is 63.0 Å². The zero-order valence-electron chi connectivity index (χ0n) is 46.6. The second-order valence-corrected chi connectivity index (χ2v) is 20.2. The normalized spacial score (nSPS) is 36.7. The van der Waals surface area contributed by atoms with Gasteiger partial charge in [-0.2, -0.15) is 0 Å². The number of ether oxygens (including phenoxy) is 5. The predicted molar refractivity (Wildman–Crippen MR) is 286 cm³/mol. The molecule has 14 heteroatoms. The van der Waals surface area contributed by atoms with Crippen LogP contribution in [0.1, 0.15) is 168 Å². The number of carbonyl (C=O) groups excluding carboxylic acids is 5. The highest BCUT2D eigenvalue weighted by molar-refractivity contribution is 6.39. The van der Waals surface area contributed by atoms with Gasteiger partial charge in [0.2, 0.25) is 5.79 Å². The van der Waals surface area contributed by atoms with Crippen LogP contribution in [0.5, 0.6) is 0 Å². The molecule has 0 radical (unpaired) electrons. The molecule has 3 heterocycles. The van der Waals surface area contributed by atoms with Crippen LogP contribution < -0.4 is 0 Å². The third kappa shape index (κ3) is 20.4. The number of hydrogen-bond donors (Lipinski definition) is 3. The number of carbonyl (C=O) groups is 5.